The number of rotatable bonds is 2. The molecular weight excluding hydrogens is 256 g/mol. The molecule has 2 aromatic rings. The molecule has 4 nitrogen and oxygen atoms in total. The van der Waals surface area contributed by atoms with E-state index in [1.54, 1.807) is 19.1 Å². The predicted octanol–water partition coefficient (Wildman–Crippen LogP) is 2.93. The van der Waals surface area contributed by atoms with Crippen LogP contribution in [-0.2, 0) is 4.74 Å². The van der Waals surface area contributed by atoms with Gasteiger partial charge in [0.05, 0.1) is 12.0 Å². The van der Waals surface area contributed by atoms with Gasteiger partial charge in [-0.15, -0.1) is 0 Å². The van der Waals surface area contributed by atoms with E-state index in [2.05, 4.69) is 0 Å². The maximum atomic E-state index is 12.1. The monoisotopic (exact) mass is 266 g/mol. The van der Waals surface area contributed by atoms with E-state index in [9.17, 15) is 9.59 Å². The number of halogens is 1. The van der Waals surface area contributed by atoms with Gasteiger partial charge < -0.3 is 9.15 Å². The zero-order valence-electron chi connectivity index (χ0n) is 9.95. The Morgan fingerprint density at radius 2 is 2.17 bits per heavy atom. The van der Waals surface area contributed by atoms with Crippen molar-refractivity contribution in [3.05, 3.63) is 44.8 Å². The molecule has 0 saturated carbocycles. The minimum Gasteiger partial charge on any atom is -0.460 e. The number of carbonyl (C=O) groups is 1. The number of fused-ring (bicyclic) bond motifs is 1. The predicted molar refractivity (Wildman–Crippen MR) is 68.2 cm³/mol. The first kappa shape index (κ1) is 12.6. The first-order valence-corrected chi connectivity index (χ1v) is 5.82. The third-order valence-electron chi connectivity index (χ3n) is 2.54. The molecule has 0 N–H and O–H groups in total. The largest absolute Gasteiger partial charge is 0.460 e. The van der Waals surface area contributed by atoms with Crippen LogP contribution in [0.1, 0.15) is 23.0 Å². The molecule has 0 unspecified atom stereocenters. The topological polar surface area (TPSA) is 56.5 Å². The van der Waals surface area contributed by atoms with Gasteiger partial charge in [-0.3, -0.25) is 4.79 Å². The highest BCUT2D eigenvalue weighted by molar-refractivity contribution is 6.31. The Balaban J connectivity index is 2.72. The van der Waals surface area contributed by atoms with Gasteiger partial charge in [0.2, 0.25) is 5.76 Å². The Morgan fingerprint density at radius 1 is 1.44 bits per heavy atom. The maximum Gasteiger partial charge on any atom is 0.374 e. The van der Waals surface area contributed by atoms with Crippen molar-refractivity contribution in [1.29, 1.82) is 0 Å². The highest BCUT2D eigenvalue weighted by Gasteiger charge is 2.18. The fraction of sp³-hybridized carbons (Fsp3) is 0.231. The van der Waals surface area contributed by atoms with E-state index in [-0.39, 0.29) is 23.4 Å². The van der Waals surface area contributed by atoms with E-state index in [1.807, 2.05) is 0 Å². The average Bonchev–Trinajstić information content (AvgIpc) is 2.34. The highest BCUT2D eigenvalue weighted by atomic mass is 35.5. The summed E-state index contributed by atoms with van der Waals surface area (Å²) < 4.78 is 10.2. The van der Waals surface area contributed by atoms with Crippen LogP contribution in [0, 0.1) is 6.92 Å². The second kappa shape index (κ2) is 4.82. The summed E-state index contributed by atoms with van der Waals surface area (Å²) in [5.41, 5.74) is 0.267. The van der Waals surface area contributed by atoms with Crippen LogP contribution in [0.3, 0.4) is 0 Å². The maximum absolute atomic E-state index is 12.1. The fourth-order valence-corrected chi connectivity index (χ4v) is 1.82. The number of esters is 1. The zero-order valence-corrected chi connectivity index (χ0v) is 10.7. The van der Waals surface area contributed by atoms with E-state index in [4.69, 9.17) is 20.8 Å². The molecule has 0 radical (unpaired) electrons. The van der Waals surface area contributed by atoms with Gasteiger partial charge in [0, 0.05) is 10.6 Å². The van der Waals surface area contributed by atoms with Crippen molar-refractivity contribution >= 4 is 28.5 Å². The molecule has 0 aliphatic carbocycles. The Kier molecular flexibility index (Phi) is 3.39. The molecule has 0 saturated heterocycles. The third-order valence-corrected chi connectivity index (χ3v) is 2.78. The van der Waals surface area contributed by atoms with Crippen LogP contribution in [0.5, 0.6) is 0 Å². The van der Waals surface area contributed by atoms with Gasteiger partial charge in [0.15, 0.2) is 5.43 Å². The Bertz CT molecular complexity index is 672. The molecule has 94 valence electrons. The summed E-state index contributed by atoms with van der Waals surface area (Å²) in [6.07, 6.45) is 0. The number of hydrogen-bond donors (Lipinski definition) is 0. The molecule has 0 amide bonds. The van der Waals surface area contributed by atoms with E-state index >= 15 is 0 Å². The molecule has 0 aliphatic rings. The van der Waals surface area contributed by atoms with Crippen molar-refractivity contribution in [1.82, 2.24) is 0 Å². The van der Waals surface area contributed by atoms with Gasteiger partial charge in [-0.05, 0) is 32.0 Å². The summed E-state index contributed by atoms with van der Waals surface area (Å²) in [5, 5.41) is 0.797. The zero-order chi connectivity index (χ0) is 13.3. The summed E-state index contributed by atoms with van der Waals surface area (Å²) in [4.78, 5) is 23.7. The second-order valence-corrected chi connectivity index (χ2v) is 4.18. The highest BCUT2D eigenvalue weighted by Crippen LogP contribution is 2.20. The van der Waals surface area contributed by atoms with E-state index in [0.29, 0.717) is 16.0 Å². The minimum absolute atomic E-state index is 0.0586. The Hall–Kier alpha value is -1.81. The first-order valence-electron chi connectivity index (χ1n) is 5.44. The molecule has 18 heavy (non-hydrogen) atoms. The molecule has 0 aliphatic heterocycles. The lowest BCUT2D eigenvalue weighted by Crippen LogP contribution is -2.15. The Morgan fingerprint density at radius 3 is 2.83 bits per heavy atom. The van der Waals surface area contributed by atoms with Crippen LogP contribution in [0.15, 0.2) is 27.4 Å². The van der Waals surface area contributed by atoms with Crippen molar-refractivity contribution in [2.45, 2.75) is 13.8 Å². The lowest BCUT2D eigenvalue weighted by Gasteiger charge is -2.06. The average molecular weight is 267 g/mol. The number of hydrogen-bond acceptors (Lipinski definition) is 4. The molecule has 0 bridgehead atoms. The Labute approximate surface area is 108 Å². The van der Waals surface area contributed by atoms with Crippen LogP contribution in [-0.4, -0.2) is 12.6 Å². The molecule has 0 spiro atoms. The molecule has 1 heterocycles. The van der Waals surface area contributed by atoms with Crippen LogP contribution in [0.2, 0.25) is 5.02 Å². The van der Waals surface area contributed by atoms with Crippen LogP contribution >= 0.6 is 11.6 Å². The smallest absolute Gasteiger partial charge is 0.374 e. The summed E-state index contributed by atoms with van der Waals surface area (Å²) in [6, 6.07) is 4.67. The number of carbonyl (C=O) groups excluding carboxylic acids is 1. The lowest BCUT2D eigenvalue weighted by atomic mass is 10.1. The molecule has 0 fully saturated rings. The van der Waals surface area contributed by atoms with E-state index < -0.39 is 5.97 Å². The van der Waals surface area contributed by atoms with Crippen molar-refractivity contribution in [3.63, 3.8) is 0 Å². The van der Waals surface area contributed by atoms with Crippen LogP contribution < -0.4 is 5.43 Å². The van der Waals surface area contributed by atoms with Gasteiger partial charge in [-0.1, -0.05) is 11.6 Å². The van der Waals surface area contributed by atoms with Gasteiger partial charge >= 0.3 is 5.97 Å². The molecular formula is C13H11ClO4. The van der Waals surface area contributed by atoms with Crippen molar-refractivity contribution in [2.75, 3.05) is 6.61 Å². The first-order chi connectivity index (χ1) is 8.54. The summed E-state index contributed by atoms with van der Waals surface area (Å²) in [7, 11) is 0. The lowest BCUT2D eigenvalue weighted by molar-refractivity contribution is 0.0489. The fourth-order valence-electron chi connectivity index (χ4n) is 1.65. The number of ether oxygens (including phenoxy) is 1. The normalized spacial score (nSPS) is 10.6. The van der Waals surface area contributed by atoms with Gasteiger partial charge in [-0.2, -0.15) is 0 Å². The standard InChI is InChI=1S/C13H11ClO4/c1-3-17-13(16)12-7(2)11(15)9-6-8(14)4-5-10(9)18-12/h4-6H,3H2,1-2H3. The van der Waals surface area contributed by atoms with Crippen molar-refractivity contribution in [2.24, 2.45) is 0 Å². The van der Waals surface area contributed by atoms with Gasteiger partial charge in [-0.25, -0.2) is 4.79 Å². The molecule has 0 atom stereocenters. The second-order valence-electron chi connectivity index (χ2n) is 3.75. The molecule has 1 aromatic carbocycles. The van der Waals surface area contributed by atoms with Crippen LogP contribution in [0.4, 0.5) is 0 Å². The van der Waals surface area contributed by atoms with E-state index in [1.165, 1.54) is 13.0 Å². The minimum atomic E-state index is -0.635. The van der Waals surface area contributed by atoms with Gasteiger partial charge in [0.1, 0.15) is 5.58 Å². The molecule has 2 rings (SSSR count). The number of benzene rings is 1. The quantitative estimate of drug-likeness (QED) is 0.784. The SMILES string of the molecule is CCOC(=O)c1oc2ccc(Cl)cc2c(=O)c1C. The third kappa shape index (κ3) is 2.11. The molecule has 5 heteroatoms. The van der Waals surface area contributed by atoms with Crippen molar-refractivity contribution < 1.29 is 13.9 Å². The van der Waals surface area contributed by atoms with E-state index in [0.717, 1.165) is 0 Å². The van der Waals surface area contributed by atoms with Gasteiger partial charge in [0.25, 0.3) is 0 Å². The summed E-state index contributed by atoms with van der Waals surface area (Å²) in [6.45, 7) is 3.44. The molecule has 1 aromatic heterocycles. The summed E-state index contributed by atoms with van der Waals surface area (Å²) in [5.74, 6) is -0.694. The van der Waals surface area contributed by atoms with Crippen molar-refractivity contribution in [3.8, 4) is 0 Å². The summed E-state index contributed by atoms with van der Waals surface area (Å²) >= 11 is 5.82. The van der Waals surface area contributed by atoms with Crippen LogP contribution in [0.25, 0.3) is 11.0 Å².